The van der Waals surface area contributed by atoms with E-state index in [1.165, 1.54) is 10.6 Å². The van der Waals surface area contributed by atoms with Gasteiger partial charge in [0.15, 0.2) is 5.75 Å². The number of methoxy groups -OCH3 is 1. The fourth-order valence-electron chi connectivity index (χ4n) is 3.99. The number of aryl methyl sites for hydroxylation is 1. The first-order chi connectivity index (χ1) is 19.2. The van der Waals surface area contributed by atoms with Gasteiger partial charge in [0.1, 0.15) is 17.1 Å². The normalized spacial score (nSPS) is 10.8. The van der Waals surface area contributed by atoms with Crippen molar-refractivity contribution in [2.45, 2.75) is 0 Å². The zero-order valence-electron chi connectivity index (χ0n) is 23.3. The van der Waals surface area contributed by atoms with Gasteiger partial charge in [-0.15, -0.1) is 0 Å². The fourth-order valence-corrected chi connectivity index (χ4v) is 3.99. The molecular formula is C29H33N7O4. The third kappa shape index (κ3) is 6.38. The molecule has 0 aliphatic heterocycles. The first-order valence-electron chi connectivity index (χ1n) is 12.6. The van der Waals surface area contributed by atoms with Crippen LogP contribution >= 0.6 is 0 Å². The quantitative estimate of drug-likeness (QED) is 0.271. The molecule has 208 valence electrons. The molecule has 4 aromatic rings. The summed E-state index contributed by atoms with van der Waals surface area (Å²) in [6, 6.07) is 14.3. The molecule has 0 unspecified atom stereocenters. The predicted molar refractivity (Wildman–Crippen MR) is 158 cm³/mol. The summed E-state index contributed by atoms with van der Waals surface area (Å²) in [5.74, 6) is 1.15. The zero-order chi connectivity index (χ0) is 28.8. The Morgan fingerprint density at radius 1 is 1.07 bits per heavy atom. The number of hydrogen-bond acceptors (Lipinski definition) is 9. The lowest BCUT2D eigenvalue weighted by atomic mass is 10.2. The van der Waals surface area contributed by atoms with E-state index in [1.54, 1.807) is 44.6 Å². The molecule has 4 rings (SSSR count). The van der Waals surface area contributed by atoms with Crippen LogP contribution in [-0.2, 0) is 11.8 Å². The van der Waals surface area contributed by atoms with Crippen molar-refractivity contribution in [2.24, 2.45) is 7.05 Å². The Labute approximate surface area is 232 Å². The van der Waals surface area contributed by atoms with Gasteiger partial charge in [0.05, 0.1) is 24.2 Å². The van der Waals surface area contributed by atoms with Crippen molar-refractivity contribution in [2.75, 3.05) is 56.9 Å². The number of aromatic nitrogens is 3. The lowest BCUT2D eigenvalue weighted by molar-refractivity contribution is -0.111. The topological polar surface area (TPSA) is 114 Å². The highest BCUT2D eigenvalue weighted by atomic mass is 16.5. The second-order valence-corrected chi connectivity index (χ2v) is 9.37. The van der Waals surface area contributed by atoms with Gasteiger partial charge in [-0.2, -0.15) is 4.98 Å². The van der Waals surface area contributed by atoms with Crippen LogP contribution in [0, 0.1) is 0 Å². The van der Waals surface area contributed by atoms with Gasteiger partial charge in [-0.25, -0.2) is 4.98 Å². The highest BCUT2D eigenvalue weighted by Gasteiger charge is 2.17. The van der Waals surface area contributed by atoms with Gasteiger partial charge in [0, 0.05) is 44.8 Å². The van der Waals surface area contributed by atoms with Gasteiger partial charge >= 0.3 is 0 Å². The van der Waals surface area contributed by atoms with E-state index in [0.29, 0.717) is 33.9 Å². The molecule has 40 heavy (non-hydrogen) atoms. The Morgan fingerprint density at radius 3 is 2.50 bits per heavy atom. The van der Waals surface area contributed by atoms with Crippen molar-refractivity contribution in [1.29, 1.82) is 0 Å². The van der Waals surface area contributed by atoms with Gasteiger partial charge < -0.3 is 29.9 Å². The standard InChI is InChI=1S/C29H33N7O4/c1-7-26(37)31-21-16-22(24(39-6)17-23(21)35(4)14-13-34(2)3)32-29-30-18-19-15-25(28(38)36(5)27(19)33-29)40-20-11-9-8-10-12-20/h7-12,15-18H,1,13-14H2,2-6H3,(H,31,37)(H,30,32,33). The number of fused-ring (bicyclic) bond motifs is 1. The number of ether oxygens (including phenoxy) is 2. The number of pyridine rings is 1. The molecule has 0 radical (unpaired) electrons. The van der Waals surface area contributed by atoms with E-state index in [9.17, 15) is 9.59 Å². The number of benzene rings is 2. The summed E-state index contributed by atoms with van der Waals surface area (Å²) in [4.78, 5) is 38.4. The minimum absolute atomic E-state index is 0.170. The average Bonchev–Trinajstić information content (AvgIpc) is 2.95. The number of para-hydroxylation sites is 1. The maximum Gasteiger partial charge on any atom is 0.294 e. The van der Waals surface area contributed by atoms with Crippen LogP contribution in [0.25, 0.3) is 11.0 Å². The van der Waals surface area contributed by atoms with Crippen molar-refractivity contribution < 1.29 is 14.3 Å². The molecule has 0 saturated heterocycles. The van der Waals surface area contributed by atoms with Crippen molar-refractivity contribution in [3.63, 3.8) is 0 Å². The Hall–Kier alpha value is -4.90. The van der Waals surface area contributed by atoms with E-state index in [-0.39, 0.29) is 23.2 Å². The molecule has 0 fully saturated rings. The summed E-state index contributed by atoms with van der Waals surface area (Å²) in [5, 5.41) is 6.66. The fraction of sp³-hybridized carbons (Fsp3) is 0.241. The minimum atomic E-state index is -0.344. The summed E-state index contributed by atoms with van der Waals surface area (Å²) in [6.45, 7) is 5.09. The molecule has 11 heteroatoms. The van der Waals surface area contributed by atoms with Crippen molar-refractivity contribution in [1.82, 2.24) is 19.4 Å². The SMILES string of the molecule is C=CC(=O)Nc1cc(Nc2ncc3cc(Oc4ccccc4)c(=O)n(C)c3n2)c(OC)cc1N(C)CCN(C)C. The molecule has 0 spiro atoms. The van der Waals surface area contributed by atoms with Crippen LogP contribution in [-0.4, -0.2) is 66.7 Å². The van der Waals surface area contributed by atoms with Gasteiger partial charge in [-0.1, -0.05) is 24.8 Å². The zero-order valence-corrected chi connectivity index (χ0v) is 23.3. The summed E-state index contributed by atoms with van der Waals surface area (Å²) in [6.07, 6.45) is 2.82. The number of carbonyl (C=O) groups excluding carboxylic acids is 1. The van der Waals surface area contributed by atoms with Crippen LogP contribution in [0.15, 0.2) is 72.2 Å². The number of carbonyl (C=O) groups is 1. The van der Waals surface area contributed by atoms with Crippen LogP contribution in [0.4, 0.5) is 23.0 Å². The van der Waals surface area contributed by atoms with Gasteiger partial charge in [-0.05, 0) is 44.4 Å². The third-order valence-corrected chi connectivity index (χ3v) is 6.19. The second kappa shape index (κ2) is 12.3. The number of hydrogen-bond donors (Lipinski definition) is 2. The van der Waals surface area contributed by atoms with E-state index in [4.69, 9.17) is 9.47 Å². The maximum atomic E-state index is 13.0. The molecule has 0 aliphatic rings. The van der Waals surface area contributed by atoms with Gasteiger partial charge in [0.2, 0.25) is 11.9 Å². The molecule has 2 N–H and O–H groups in total. The summed E-state index contributed by atoms with van der Waals surface area (Å²) in [7, 11) is 9.13. The van der Waals surface area contributed by atoms with E-state index >= 15 is 0 Å². The van der Waals surface area contributed by atoms with E-state index in [0.717, 1.165) is 18.8 Å². The molecule has 2 aromatic heterocycles. The lowest BCUT2D eigenvalue weighted by Gasteiger charge is -2.26. The molecule has 2 heterocycles. The van der Waals surface area contributed by atoms with Crippen molar-refractivity contribution in [3.8, 4) is 17.2 Å². The van der Waals surface area contributed by atoms with Crippen molar-refractivity contribution >= 4 is 40.0 Å². The predicted octanol–water partition coefficient (Wildman–Crippen LogP) is 4.00. The van der Waals surface area contributed by atoms with Crippen LogP contribution in [0.5, 0.6) is 17.2 Å². The number of rotatable bonds is 11. The van der Waals surface area contributed by atoms with E-state index in [1.807, 2.05) is 50.3 Å². The minimum Gasteiger partial charge on any atom is -0.494 e. The number of likely N-dealkylation sites (N-methyl/N-ethyl adjacent to an activating group) is 2. The van der Waals surface area contributed by atoms with Crippen molar-refractivity contribution in [3.05, 3.63) is 77.7 Å². The van der Waals surface area contributed by atoms with Crippen LogP contribution in [0.2, 0.25) is 0 Å². The molecule has 0 atom stereocenters. The Bertz CT molecular complexity index is 1590. The number of nitrogens with one attached hydrogen (secondary N) is 2. The summed E-state index contributed by atoms with van der Waals surface area (Å²) >= 11 is 0. The number of amides is 1. The first kappa shape index (κ1) is 28.1. The maximum absolute atomic E-state index is 13.0. The van der Waals surface area contributed by atoms with E-state index < -0.39 is 0 Å². The Kier molecular flexibility index (Phi) is 8.65. The molecule has 11 nitrogen and oxygen atoms in total. The summed E-state index contributed by atoms with van der Waals surface area (Å²) < 4.78 is 12.9. The molecule has 0 bridgehead atoms. The Balaban J connectivity index is 1.69. The highest BCUT2D eigenvalue weighted by Crippen LogP contribution is 2.38. The smallest absolute Gasteiger partial charge is 0.294 e. The third-order valence-electron chi connectivity index (χ3n) is 6.19. The molecular weight excluding hydrogens is 510 g/mol. The van der Waals surface area contributed by atoms with Crippen LogP contribution in [0.1, 0.15) is 0 Å². The monoisotopic (exact) mass is 543 g/mol. The average molecular weight is 544 g/mol. The van der Waals surface area contributed by atoms with Gasteiger partial charge in [-0.3, -0.25) is 14.2 Å². The lowest BCUT2D eigenvalue weighted by Crippen LogP contribution is -2.29. The molecule has 1 amide bonds. The summed E-state index contributed by atoms with van der Waals surface area (Å²) in [5.41, 5.74) is 1.94. The van der Waals surface area contributed by atoms with Crippen LogP contribution < -0.4 is 30.6 Å². The van der Waals surface area contributed by atoms with E-state index in [2.05, 4.69) is 32.1 Å². The first-order valence-corrected chi connectivity index (χ1v) is 12.6. The molecule has 0 aliphatic carbocycles. The number of nitrogens with zero attached hydrogens (tertiary/aromatic N) is 5. The second-order valence-electron chi connectivity index (χ2n) is 9.37. The van der Waals surface area contributed by atoms with Gasteiger partial charge in [0.25, 0.3) is 5.56 Å². The highest BCUT2D eigenvalue weighted by molar-refractivity contribution is 6.02. The largest absolute Gasteiger partial charge is 0.494 e. The molecule has 2 aromatic carbocycles. The Morgan fingerprint density at radius 2 is 1.82 bits per heavy atom. The number of anilines is 4. The van der Waals surface area contributed by atoms with Crippen LogP contribution in [0.3, 0.4) is 0 Å². The molecule has 0 saturated carbocycles.